The molecule has 21 heavy (non-hydrogen) atoms. The highest BCUT2D eigenvalue weighted by Crippen LogP contribution is 2.24. The van der Waals surface area contributed by atoms with Gasteiger partial charge in [-0.25, -0.2) is 4.39 Å². The van der Waals surface area contributed by atoms with Gasteiger partial charge in [0.15, 0.2) is 0 Å². The predicted molar refractivity (Wildman–Crippen MR) is 77.2 cm³/mol. The molecule has 1 N–H and O–H groups in total. The van der Waals surface area contributed by atoms with Gasteiger partial charge in [-0.3, -0.25) is 14.9 Å². The van der Waals surface area contributed by atoms with Crippen molar-refractivity contribution in [3.05, 3.63) is 68.5 Å². The van der Waals surface area contributed by atoms with Crippen LogP contribution in [0.4, 0.5) is 15.8 Å². The van der Waals surface area contributed by atoms with Gasteiger partial charge in [-0.2, -0.15) is 0 Å². The molecule has 0 unspecified atom stereocenters. The number of halogens is 2. The molecule has 0 aliphatic heterocycles. The standard InChI is InChI=1S/C14H10ClFN2O3/c1-8-6-10(3-4-12(8)16)17-14(19)11-7-9(15)2-5-13(11)18(20)21/h2-7H,1H3,(H,17,19). The molecule has 0 saturated heterocycles. The molecule has 0 aromatic heterocycles. The fourth-order valence-electron chi connectivity index (χ4n) is 1.77. The summed E-state index contributed by atoms with van der Waals surface area (Å²) in [6, 6.07) is 7.72. The van der Waals surface area contributed by atoms with Crippen LogP contribution in [0.2, 0.25) is 5.02 Å². The van der Waals surface area contributed by atoms with E-state index in [4.69, 9.17) is 11.6 Å². The first-order chi connectivity index (χ1) is 9.88. The maximum atomic E-state index is 13.2. The summed E-state index contributed by atoms with van der Waals surface area (Å²) in [5.74, 6) is -1.09. The van der Waals surface area contributed by atoms with Crippen LogP contribution in [0.25, 0.3) is 0 Å². The van der Waals surface area contributed by atoms with Gasteiger partial charge in [-0.1, -0.05) is 11.6 Å². The Morgan fingerprint density at radius 3 is 2.62 bits per heavy atom. The van der Waals surface area contributed by atoms with Crippen molar-refractivity contribution in [3.8, 4) is 0 Å². The summed E-state index contributed by atoms with van der Waals surface area (Å²) in [6.45, 7) is 1.55. The number of nitrogens with one attached hydrogen (secondary N) is 1. The number of anilines is 1. The molecule has 0 spiro atoms. The Morgan fingerprint density at radius 2 is 2.00 bits per heavy atom. The fraction of sp³-hybridized carbons (Fsp3) is 0.0714. The van der Waals surface area contributed by atoms with Crippen LogP contribution >= 0.6 is 11.6 Å². The van der Waals surface area contributed by atoms with Gasteiger partial charge in [0.05, 0.1) is 4.92 Å². The van der Waals surface area contributed by atoms with E-state index in [1.165, 1.54) is 30.3 Å². The summed E-state index contributed by atoms with van der Waals surface area (Å²) in [7, 11) is 0. The van der Waals surface area contributed by atoms with Gasteiger partial charge in [0.1, 0.15) is 11.4 Å². The molecule has 0 saturated carbocycles. The molecule has 1 amide bonds. The molecule has 7 heteroatoms. The zero-order valence-corrected chi connectivity index (χ0v) is 11.6. The zero-order chi connectivity index (χ0) is 15.6. The summed E-state index contributed by atoms with van der Waals surface area (Å²) >= 11 is 5.76. The van der Waals surface area contributed by atoms with E-state index in [0.717, 1.165) is 6.07 Å². The van der Waals surface area contributed by atoms with E-state index < -0.39 is 16.6 Å². The molecule has 2 aromatic rings. The number of nitro benzene ring substituents is 1. The quantitative estimate of drug-likeness (QED) is 0.689. The van der Waals surface area contributed by atoms with Crippen molar-refractivity contribution in [1.82, 2.24) is 0 Å². The van der Waals surface area contributed by atoms with E-state index in [9.17, 15) is 19.3 Å². The number of amides is 1. The fourth-order valence-corrected chi connectivity index (χ4v) is 1.94. The van der Waals surface area contributed by atoms with Crippen LogP contribution in [0.3, 0.4) is 0 Å². The van der Waals surface area contributed by atoms with E-state index in [1.54, 1.807) is 6.92 Å². The van der Waals surface area contributed by atoms with Gasteiger partial charge in [0, 0.05) is 16.8 Å². The van der Waals surface area contributed by atoms with Gasteiger partial charge in [0.2, 0.25) is 0 Å². The smallest absolute Gasteiger partial charge is 0.282 e. The maximum absolute atomic E-state index is 13.2. The van der Waals surface area contributed by atoms with Crippen molar-refractivity contribution in [2.24, 2.45) is 0 Å². The monoisotopic (exact) mass is 308 g/mol. The lowest BCUT2D eigenvalue weighted by Gasteiger charge is -2.07. The lowest BCUT2D eigenvalue weighted by atomic mass is 10.1. The lowest BCUT2D eigenvalue weighted by Crippen LogP contribution is -2.14. The highest BCUT2D eigenvalue weighted by Gasteiger charge is 2.20. The second kappa shape index (κ2) is 5.88. The van der Waals surface area contributed by atoms with Crippen LogP contribution < -0.4 is 5.32 Å². The third kappa shape index (κ3) is 3.35. The minimum atomic E-state index is -0.685. The largest absolute Gasteiger partial charge is 0.322 e. The van der Waals surface area contributed by atoms with Crippen molar-refractivity contribution in [3.63, 3.8) is 0 Å². The SMILES string of the molecule is Cc1cc(NC(=O)c2cc(Cl)ccc2[N+](=O)[O-])ccc1F. The van der Waals surface area contributed by atoms with Crippen molar-refractivity contribution in [2.75, 3.05) is 5.32 Å². The summed E-state index contributed by atoms with van der Waals surface area (Å²) < 4.78 is 13.2. The van der Waals surface area contributed by atoms with Gasteiger partial charge >= 0.3 is 0 Å². The third-order valence-corrected chi connectivity index (χ3v) is 3.05. The molecule has 0 aliphatic carbocycles. The van der Waals surface area contributed by atoms with E-state index >= 15 is 0 Å². The zero-order valence-electron chi connectivity index (χ0n) is 10.9. The van der Waals surface area contributed by atoms with E-state index in [1.807, 2.05) is 0 Å². The van der Waals surface area contributed by atoms with Gasteiger partial charge < -0.3 is 5.32 Å². The van der Waals surface area contributed by atoms with Crippen LogP contribution in [-0.2, 0) is 0 Å². The Bertz CT molecular complexity index is 734. The molecular weight excluding hydrogens is 299 g/mol. The Balaban J connectivity index is 2.34. The number of rotatable bonds is 3. The van der Waals surface area contributed by atoms with Gasteiger partial charge in [-0.05, 0) is 42.8 Å². The summed E-state index contributed by atoms with van der Waals surface area (Å²) in [5.41, 5.74) is 0.187. The van der Waals surface area contributed by atoms with Crippen molar-refractivity contribution >= 4 is 28.9 Å². The van der Waals surface area contributed by atoms with Crippen LogP contribution in [0.1, 0.15) is 15.9 Å². The topological polar surface area (TPSA) is 72.2 Å². The molecule has 5 nitrogen and oxygen atoms in total. The molecule has 0 radical (unpaired) electrons. The Labute approximate surface area is 124 Å². The average Bonchev–Trinajstić information content (AvgIpc) is 2.42. The van der Waals surface area contributed by atoms with Crippen LogP contribution in [0, 0.1) is 22.9 Å². The Hall–Kier alpha value is -2.47. The minimum absolute atomic E-state index is 0.158. The summed E-state index contributed by atoms with van der Waals surface area (Å²) in [6.07, 6.45) is 0. The van der Waals surface area contributed by atoms with Gasteiger partial charge in [0.25, 0.3) is 11.6 Å². The van der Waals surface area contributed by atoms with E-state index in [2.05, 4.69) is 5.32 Å². The second-order valence-electron chi connectivity index (χ2n) is 4.34. The molecule has 108 valence electrons. The van der Waals surface area contributed by atoms with Crippen molar-refractivity contribution in [2.45, 2.75) is 6.92 Å². The molecule has 0 fully saturated rings. The highest BCUT2D eigenvalue weighted by molar-refractivity contribution is 6.31. The molecule has 0 atom stereocenters. The number of hydrogen-bond acceptors (Lipinski definition) is 3. The molecular formula is C14H10ClFN2O3. The first-order valence-corrected chi connectivity index (χ1v) is 6.27. The first-order valence-electron chi connectivity index (χ1n) is 5.90. The maximum Gasteiger partial charge on any atom is 0.282 e. The molecule has 0 bridgehead atoms. The molecule has 0 aliphatic rings. The van der Waals surface area contributed by atoms with Crippen LogP contribution in [0.5, 0.6) is 0 Å². The Morgan fingerprint density at radius 1 is 1.29 bits per heavy atom. The minimum Gasteiger partial charge on any atom is -0.322 e. The van der Waals surface area contributed by atoms with Crippen LogP contribution in [-0.4, -0.2) is 10.8 Å². The van der Waals surface area contributed by atoms with E-state index in [-0.39, 0.29) is 16.3 Å². The van der Waals surface area contributed by atoms with E-state index in [0.29, 0.717) is 11.3 Å². The number of benzene rings is 2. The molecule has 2 aromatic carbocycles. The highest BCUT2D eigenvalue weighted by atomic mass is 35.5. The van der Waals surface area contributed by atoms with Crippen LogP contribution in [0.15, 0.2) is 36.4 Å². The number of nitrogens with zero attached hydrogens (tertiary/aromatic N) is 1. The summed E-state index contributed by atoms with van der Waals surface area (Å²) in [5, 5.41) is 13.6. The Kier molecular flexibility index (Phi) is 4.18. The number of hydrogen-bond donors (Lipinski definition) is 1. The third-order valence-electron chi connectivity index (χ3n) is 2.82. The lowest BCUT2D eigenvalue weighted by molar-refractivity contribution is -0.385. The first kappa shape index (κ1) is 14.9. The van der Waals surface area contributed by atoms with Gasteiger partial charge in [-0.15, -0.1) is 0 Å². The van der Waals surface area contributed by atoms with Crippen molar-refractivity contribution in [1.29, 1.82) is 0 Å². The van der Waals surface area contributed by atoms with Crippen molar-refractivity contribution < 1.29 is 14.1 Å². The average molecular weight is 309 g/mol. The number of carbonyl (C=O) groups is 1. The number of aryl methyl sites for hydroxylation is 1. The number of carbonyl (C=O) groups excluding carboxylic acids is 1. The molecule has 0 heterocycles. The summed E-state index contributed by atoms with van der Waals surface area (Å²) in [4.78, 5) is 22.4. The second-order valence-corrected chi connectivity index (χ2v) is 4.77. The predicted octanol–water partition coefficient (Wildman–Crippen LogP) is 3.95. The number of nitro groups is 1. The normalized spacial score (nSPS) is 10.2. The molecule has 2 rings (SSSR count).